The highest BCUT2D eigenvalue weighted by atomic mass is 16.4. The first kappa shape index (κ1) is 10.3. The van der Waals surface area contributed by atoms with E-state index in [9.17, 15) is 0 Å². The maximum Gasteiger partial charge on any atom is 0.116 e. The molecule has 1 aromatic carbocycles. The lowest BCUT2D eigenvalue weighted by Gasteiger charge is -2.02. The second kappa shape index (κ2) is 4.53. The van der Waals surface area contributed by atoms with Crippen molar-refractivity contribution in [2.45, 2.75) is 6.92 Å². The van der Waals surface area contributed by atoms with Crippen LogP contribution in [0.25, 0.3) is 11.3 Å². The molecule has 0 fully saturated rings. The summed E-state index contributed by atoms with van der Waals surface area (Å²) in [4.78, 5) is 8.21. The van der Waals surface area contributed by atoms with Gasteiger partial charge in [-0.15, -0.1) is 0 Å². The summed E-state index contributed by atoms with van der Waals surface area (Å²) in [5, 5.41) is 11.8. The Morgan fingerprint density at radius 2 is 1.94 bits per heavy atom. The van der Waals surface area contributed by atoms with Gasteiger partial charge in [0.2, 0.25) is 0 Å². The SMILES string of the molecule is C/C(=N\O)c1cc(-c2ccccc2)ncn1. The smallest absolute Gasteiger partial charge is 0.116 e. The zero-order valence-corrected chi connectivity index (χ0v) is 8.83. The van der Waals surface area contributed by atoms with Gasteiger partial charge in [0.05, 0.1) is 11.4 Å². The predicted octanol–water partition coefficient (Wildman–Crippen LogP) is 2.34. The fraction of sp³-hybridized carbons (Fsp3) is 0.0833. The van der Waals surface area contributed by atoms with Gasteiger partial charge >= 0.3 is 0 Å². The lowest BCUT2D eigenvalue weighted by Crippen LogP contribution is -1.99. The topological polar surface area (TPSA) is 58.4 Å². The summed E-state index contributed by atoms with van der Waals surface area (Å²) >= 11 is 0. The highest BCUT2D eigenvalue weighted by molar-refractivity contribution is 5.97. The van der Waals surface area contributed by atoms with Crippen molar-refractivity contribution in [3.8, 4) is 11.3 Å². The second-order valence-electron chi connectivity index (χ2n) is 3.34. The third-order valence-corrected chi connectivity index (χ3v) is 2.26. The number of hydrogen-bond donors (Lipinski definition) is 1. The summed E-state index contributed by atoms with van der Waals surface area (Å²) in [6.07, 6.45) is 1.46. The van der Waals surface area contributed by atoms with Crippen LogP contribution in [0.3, 0.4) is 0 Å². The molecule has 2 aromatic rings. The minimum atomic E-state index is 0.472. The monoisotopic (exact) mass is 213 g/mol. The summed E-state index contributed by atoms with van der Waals surface area (Å²) in [5.41, 5.74) is 2.92. The molecule has 0 bridgehead atoms. The molecule has 1 N–H and O–H groups in total. The van der Waals surface area contributed by atoms with Crippen LogP contribution in [-0.4, -0.2) is 20.9 Å². The summed E-state index contributed by atoms with van der Waals surface area (Å²) < 4.78 is 0. The van der Waals surface area contributed by atoms with Crippen LogP contribution in [0.4, 0.5) is 0 Å². The Balaban J connectivity index is 2.44. The van der Waals surface area contributed by atoms with Crippen LogP contribution in [0.15, 0.2) is 47.9 Å². The Morgan fingerprint density at radius 1 is 1.19 bits per heavy atom. The molecular weight excluding hydrogens is 202 g/mol. The van der Waals surface area contributed by atoms with Gasteiger partial charge in [-0.25, -0.2) is 9.97 Å². The number of rotatable bonds is 2. The van der Waals surface area contributed by atoms with Crippen molar-refractivity contribution in [1.82, 2.24) is 9.97 Å². The molecule has 2 rings (SSSR count). The molecule has 1 aromatic heterocycles. The van der Waals surface area contributed by atoms with Crippen molar-refractivity contribution < 1.29 is 5.21 Å². The van der Waals surface area contributed by atoms with E-state index in [4.69, 9.17) is 5.21 Å². The molecule has 0 atom stereocenters. The van der Waals surface area contributed by atoms with Crippen molar-refractivity contribution in [2.24, 2.45) is 5.16 Å². The third-order valence-electron chi connectivity index (χ3n) is 2.26. The Bertz CT molecular complexity index is 509. The minimum absolute atomic E-state index is 0.472. The summed E-state index contributed by atoms with van der Waals surface area (Å²) in [7, 11) is 0. The normalized spacial score (nSPS) is 11.4. The predicted molar refractivity (Wildman–Crippen MR) is 61.5 cm³/mol. The zero-order chi connectivity index (χ0) is 11.4. The fourth-order valence-corrected chi connectivity index (χ4v) is 1.37. The number of nitrogens with zero attached hydrogens (tertiary/aromatic N) is 3. The molecule has 4 heteroatoms. The highest BCUT2D eigenvalue weighted by Crippen LogP contribution is 2.16. The van der Waals surface area contributed by atoms with E-state index >= 15 is 0 Å². The van der Waals surface area contributed by atoms with Crippen LogP contribution in [0.5, 0.6) is 0 Å². The van der Waals surface area contributed by atoms with E-state index in [2.05, 4.69) is 15.1 Å². The average molecular weight is 213 g/mol. The average Bonchev–Trinajstić information content (AvgIpc) is 2.39. The lowest BCUT2D eigenvalue weighted by atomic mass is 10.1. The van der Waals surface area contributed by atoms with Crippen molar-refractivity contribution in [3.63, 3.8) is 0 Å². The van der Waals surface area contributed by atoms with Gasteiger partial charge in [-0.2, -0.15) is 0 Å². The van der Waals surface area contributed by atoms with Crippen molar-refractivity contribution >= 4 is 5.71 Å². The number of hydrogen-bond acceptors (Lipinski definition) is 4. The van der Waals surface area contributed by atoms with Gasteiger partial charge in [-0.1, -0.05) is 35.5 Å². The van der Waals surface area contributed by atoms with E-state index in [1.807, 2.05) is 30.3 Å². The zero-order valence-electron chi connectivity index (χ0n) is 8.83. The standard InChI is InChI=1S/C12H11N3O/c1-9(15-16)11-7-12(14-8-13-11)10-5-3-2-4-6-10/h2-8,16H,1H3/b15-9+. The van der Waals surface area contributed by atoms with Gasteiger partial charge in [0.25, 0.3) is 0 Å². The van der Waals surface area contributed by atoms with Gasteiger partial charge < -0.3 is 5.21 Å². The quantitative estimate of drug-likeness (QED) is 0.473. The van der Waals surface area contributed by atoms with Crippen molar-refractivity contribution in [2.75, 3.05) is 0 Å². The number of aromatic nitrogens is 2. The first-order valence-corrected chi connectivity index (χ1v) is 4.88. The van der Waals surface area contributed by atoms with Crippen molar-refractivity contribution in [3.05, 3.63) is 48.4 Å². The Morgan fingerprint density at radius 3 is 2.62 bits per heavy atom. The minimum Gasteiger partial charge on any atom is -0.411 e. The Hall–Kier alpha value is -2.23. The molecule has 0 aliphatic carbocycles. The molecule has 0 radical (unpaired) electrons. The van der Waals surface area contributed by atoms with Gasteiger partial charge in [0, 0.05) is 5.56 Å². The van der Waals surface area contributed by atoms with Crippen LogP contribution < -0.4 is 0 Å². The van der Waals surface area contributed by atoms with Crippen LogP contribution >= 0.6 is 0 Å². The van der Waals surface area contributed by atoms with E-state index in [1.165, 1.54) is 6.33 Å². The Kier molecular flexibility index (Phi) is 2.91. The van der Waals surface area contributed by atoms with Crippen LogP contribution in [0.2, 0.25) is 0 Å². The number of benzene rings is 1. The van der Waals surface area contributed by atoms with Gasteiger partial charge in [0.1, 0.15) is 12.0 Å². The first-order valence-electron chi connectivity index (χ1n) is 4.88. The van der Waals surface area contributed by atoms with Crippen LogP contribution in [0, 0.1) is 0 Å². The molecular formula is C12H11N3O. The summed E-state index contributed by atoms with van der Waals surface area (Å²) in [5.74, 6) is 0. The molecule has 0 saturated heterocycles. The van der Waals surface area contributed by atoms with Crippen LogP contribution in [-0.2, 0) is 0 Å². The summed E-state index contributed by atoms with van der Waals surface area (Å²) in [6.45, 7) is 1.69. The van der Waals surface area contributed by atoms with Gasteiger partial charge in [0.15, 0.2) is 0 Å². The second-order valence-corrected chi connectivity index (χ2v) is 3.34. The fourth-order valence-electron chi connectivity index (χ4n) is 1.37. The molecule has 0 unspecified atom stereocenters. The maximum absolute atomic E-state index is 8.68. The first-order chi connectivity index (χ1) is 7.81. The lowest BCUT2D eigenvalue weighted by molar-refractivity contribution is 0.319. The van der Waals surface area contributed by atoms with Crippen LogP contribution in [0.1, 0.15) is 12.6 Å². The molecule has 80 valence electrons. The van der Waals surface area contributed by atoms with E-state index in [1.54, 1.807) is 13.0 Å². The van der Waals surface area contributed by atoms with E-state index in [0.29, 0.717) is 11.4 Å². The molecule has 0 aliphatic rings. The molecule has 16 heavy (non-hydrogen) atoms. The van der Waals surface area contributed by atoms with E-state index in [-0.39, 0.29) is 0 Å². The van der Waals surface area contributed by atoms with Crippen molar-refractivity contribution in [1.29, 1.82) is 0 Å². The summed E-state index contributed by atoms with van der Waals surface area (Å²) in [6, 6.07) is 11.6. The van der Waals surface area contributed by atoms with Gasteiger partial charge in [-0.3, -0.25) is 0 Å². The Labute approximate surface area is 93.3 Å². The third kappa shape index (κ3) is 2.06. The highest BCUT2D eigenvalue weighted by Gasteiger charge is 2.03. The molecule has 0 spiro atoms. The molecule has 0 saturated carbocycles. The largest absolute Gasteiger partial charge is 0.411 e. The molecule has 0 aliphatic heterocycles. The molecule has 1 heterocycles. The number of oxime groups is 1. The molecule has 0 amide bonds. The maximum atomic E-state index is 8.68. The van der Waals surface area contributed by atoms with Gasteiger partial charge in [-0.05, 0) is 13.0 Å². The molecule has 4 nitrogen and oxygen atoms in total. The van der Waals surface area contributed by atoms with E-state index in [0.717, 1.165) is 11.3 Å². The van der Waals surface area contributed by atoms with E-state index < -0.39 is 0 Å².